The van der Waals surface area contributed by atoms with Crippen LogP contribution >= 0.6 is 35.1 Å². The molecule has 1 aromatic rings. The second-order valence-corrected chi connectivity index (χ2v) is 8.52. The third-order valence-electron chi connectivity index (χ3n) is 4.20. The number of carboxylic acid groups (broad SMARTS) is 1. The zero-order valence-corrected chi connectivity index (χ0v) is 17.2. The van der Waals surface area contributed by atoms with Gasteiger partial charge in [0.2, 0.25) is 5.91 Å². The van der Waals surface area contributed by atoms with E-state index in [9.17, 15) is 19.5 Å². The van der Waals surface area contributed by atoms with Gasteiger partial charge in [-0.05, 0) is 23.1 Å². The summed E-state index contributed by atoms with van der Waals surface area (Å²) >= 11 is 8.57. The molecule has 3 N–H and O–H groups in total. The SMILES string of the molecule is O=C(Cc1ccccc1Cl)NC1C(=O)N2C(C(=O)O)=C(S/C=C\C=N\O)CS[C@H]12. The highest BCUT2D eigenvalue weighted by Gasteiger charge is 2.54. The Morgan fingerprint density at radius 2 is 2.17 bits per heavy atom. The monoisotopic (exact) mass is 453 g/mol. The van der Waals surface area contributed by atoms with Crippen molar-refractivity contribution in [3.63, 3.8) is 0 Å². The van der Waals surface area contributed by atoms with Gasteiger partial charge >= 0.3 is 5.97 Å². The molecule has 0 spiro atoms. The lowest BCUT2D eigenvalue weighted by Gasteiger charge is -2.49. The van der Waals surface area contributed by atoms with Crippen molar-refractivity contribution in [1.29, 1.82) is 0 Å². The summed E-state index contributed by atoms with van der Waals surface area (Å²) in [6, 6.07) is 6.16. The van der Waals surface area contributed by atoms with E-state index in [0.29, 0.717) is 21.2 Å². The number of β-lactam (4-membered cyclic amide) rings is 1. The molecule has 11 heteroatoms. The number of nitrogens with zero attached hydrogens (tertiary/aromatic N) is 2. The van der Waals surface area contributed by atoms with Crippen LogP contribution in [0.4, 0.5) is 0 Å². The molecule has 0 bridgehead atoms. The number of carboxylic acids is 1. The zero-order valence-electron chi connectivity index (χ0n) is 14.8. The molecule has 1 aromatic carbocycles. The van der Waals surface area contributed by atoms with Crippen molar-refractivity contribution in [3.05, 3.63) is 56.9 Å². The van der Waals surface area contributed by atoms with E-state index in [1.807, 2.05) is 0 Å². The van der Waals surface area contributed by atoms with Gasteiger partial charge < -0.3 is 15.6 Å². The Hall–Kier alpha value is -2.43. The van der Waals surface area contributed by atoms with E-state index >= 15 is 0 Å². The molecule has 2 heterocycles. The Balaban J connectivity index is 1.69. The molecular weight excluding hydrogens is 438 g/mol. The number of rotatable bonds is 7. The van der Waals surface area contributed by atoms with Crippen molar-refractivity contribution in [2.45, 2.75) is 17.8 Å². The fraction of sp³-hybridized carbons (Fsp3) is 0.222. The first-order chi connectivity index (χ1) is 13.9. The quantitative estimate of drug-likeness (QED) is 0.251. The minimum Gasteiger partial charge on any atom is -0.477 e. The Morgan fingerprint density at radius 1 is 1.41 bits per heavy atom. The topological polar surface area (TPSA) is 119 Å². The molecule has 3 rings (SSSR count). The van der Waals surface area contributed by atoms with Crippen molar-refractivity contribution in [2.75, 3.05) is 5.75 Å². The Labute approximate surface area is 179 Å². The fourth-order valence-electron chi connectivity index (χ4n) is 2.92. The fourth-order valence-corrected chi connectivity index (χ4v) is 5.40. The van der Waals surface area contributed by atoms with Gasteiger partial charge in [0.15, 0.2) is 0 Å². The average Bonchev–Trinajstić information content (AvgIpc) is 2.70. The van der Waals surface area contributed by atoms with Crippen LogP contribution in [0, 0.1) is 0 Å². The molecule has 0 aliphatic carbocycles. The normalized spacial score (nSPS) is 21.4. The molecule has 2 aliphatic heterocycles. The molecule has 2 aliphatic rings. The first kappa shape index (κ1) is 21.3. The van der Waals surface area contributed by atoms with Crippen LogP contribution in [0.2, 0.25) is 5.02 Å². The minimum atomic E-state index is -1.21. The molecule has 1 saturated heterocycles. The number of amides is 2. The van der Waals surface area contributed by atoms with E-state index in [4.69, 9.17) is 16.8 Å². The summed E-state index contributed by atoms with van der Waals surface area (Å²) in [6.45, 7) is 0. The molecule has 0 aromatic heterocycles. The van der Waals surface area contributed by atoms with Crippen LogP contribution in [0.3, 0.4) is 0 Å². The number of allylic oxidation sites excluding steroid dienone is 1. The van der Waals surface area contributed by atoms with Gasteiger partial charge in [-0.3, -0.25) is 14.5 Å². The maximum Gasteiger partial charge on any atom is 0.353 e. The molecule has 8 nitrogen and oxygen atoms in total. The largest absolute Gasteiger partial charge is 0.477 e. The summed E-state index contributed by atoms with van der Waals surface area (Å²) < 4.78 is 0. The van der Waals surface area contributed by atoms with E-state index < -0.39 is 23.3 Å². The van der Waals surface area contributed by atoms with Gasteiger partial charge in [-0.1, -0.05) is 46.7 Å². The number of carbonyl (C=O) groups excluding carboxylic acids is 2. The molecule has 29 heavy (non-hydrogen) atoms. The van der Waals surface area contributed by atoms with Crippen LogP contribution in [0.15, 0.2) is 51.5 Å². The highest BCUT2D eigenvalue weighted by Crippen LogP contribution is 2.43. The van der Waals surface area contributed by atoms with Crippen molar-refractivity contribution in [1.82, 2.24) is 10.2 Å². The van der Waals surface area contributed by atoms with Crippen LogP contribution in [0.1, 0.15) is 5.56 Å². The van der Waals surface area contributed by atoms with Gasteiger partial charge in [-0.15, -0.1) is 11.8 Å². The molecule has 2 atom stereocenters. The van der Waals surface area contributed by atoms with E-state index in [1.165, 1.54) is 22.7 Å². The van der Waals surface area contributed by atoms with Crippen molar-refractivity contribution >= 4 is 59.1 Å². The van der Waals surface area contributed by atoms with Crippen molar-refractivity contribution in [2.24, 2.45) is 5.16 Å². The average molecular weight is 454 g/mol. The van der Waals surface area contributed by atoms with Crippen LogP contribution in [-0.4, -0.2) is 56.4 Å². The van der Waals surface area contributed by atoms with Crippen LogP contribution in [0.5, 0.6) is 0 Å². The number of hydrogen-bond acceptors (Lipinski definition) is 7. The molecular formula is C18H16ClN3O5S2. The van der Waals surface area contributed by atoms with Gasteiger partial charge in [0.1, 0.15) is 17.1 Å². The second kappa shape index (κ2) is 9.38. The summed E-state index contributed by atoms with van der Waals surface area (Å²) in [5.41, 5.74) is 0.556. The summed E-state index contributed by atoms with van der Waals surface area (Å²) in [4.78, 5) is 38.4. The molecule has 2 amide bonds. The lowest BCUT2D eigenvalue weighted by atomic mass is 10.0. The summed E-state index contributed by atoms with van der Waals surface area (Å²) in [7, 11) is 0. The highest BCUT2D eigenvalue weighted by atomic mass is 35.5. The van der Waals surface area contributed by atoms with Crippen molar-refractivity contribution < 1.29 is 24.7 Å². The van der Waals surface area contributed by atoms with Gasteiger partial charge in [0.05, 0.1) is 12.6 Å². The van der Waals surface area contributed by atoms with E-state index in [1.54, 1.807) is 29.7 Å². The maximum atomic E-state index is 12.6. The van der Waals surface area contributed by atoms with E-state index in [-0.39, 0.29) is 18.0 Å². The number of thioether (sulfide) groups is 2. The number of halogens is 1. The van der Waals surface area contributed by atoms with Crippen LogP contribution < -0.4 is 5.32 Å². The minimum absolute atomic E-state index is 0.0285. The Morgan fingerprint density at radius 3 is 2.86 bits per heavy atom. The predicted molar refractivity (Wildman–Crippen MR) is 112 cm³/mol. The van der Waals surface area contributed by atoms with Crippen molar-refractivity contribution in [3.8, 4) is 0 Å². The van der Waals surface area contributed by atoms with Crippen LogP contribution in [0.25, 0.3) is 0 Å². The number of carbonyl (C=O) groups is 3. The molecule has 1 fully saturated rings. The van der Waals surface area contributed by atoms with E-state index in [2.05, 4.69) is 10.5 Å². The number of aliphatic carboxylic acids is 1. The summed E-state index contributed by atoms with van der Waals surface area (Å²) in [6.07, 6.45) is 2.62. The first-order valence-corrected chi connectivity index (χ1v) is 10.7. The number of nitrogens with one attached hydrogen (secondary N) is 1. The summed E-state index contributed by atoms with van der Waals surface area (Å²) in [5.74, 6) is -1.66. The number of oxime groups is 1. The Kier molecular flexibility index (Phi) is 6.88. The van der Waals surface area contributed by atoms with Gasteiger partial charge in [0.25, 0.3) is 5.91 Å². The number of fused-ring (bicyclic) bond motifs is 1. The van der Waals surface area contributed by atoms with E-state index in [0.717, 1.165) is 18.0 Å². The lowest BCUT2D eigenvalue weighted by molar-refractivity contribution is -0.150. The Bertz CT molecular complexity index is 934. The number of hydrogen-bond donors (Lipinski definition) is 3. The highest BCUT2D eigenvalue weighted by molar-refractivity contribution is 8.08. The summed E-state index contributed by atoms with van der Waals surface area (Å²) in [5, 5.41) is 25.0. The lowest BCUT2D eigenvalue weighted by Crippen LogP contribution is -2.70. The molecule has 152 valence electrons. The number of benzene rings is 1. The molecule has 0 radical (unpaired) electrons. The predicted octanol–water partition coefficient (Wildman–Crippen LogP) is 2.29. The maximum absolute atomic E-state index is 12.6. The third kappa shape index (κ3) is 4.60. The smallest absolute Gasteiger partial charge is 0.353 e. The molecule has 0 saturated carbocycles. The molecule has 1 unspecified atom stereocenters. The zero-order chi connectivity index (χ0) is 21.0. The van der Waals surface area contributed by atoms with Gasteiger partial charge in [-0.2, -0.15) is 0 Å². The van der Waals surface area contributed by atoms with Gasteiger partial charge in [-0.25, -0.2) is 4.79 Å². The standard InChI is InChI=1S/C18H16ClN3O5S2/c19-11-5-2-1-4-10(11)8-13(23)21-14-16(24)22-15(18(25)26)12(9-29-17(14)22)28-7-3-6-20-27/h1-7,14,17,27H,8-9H2,(H,21,23)(H,25,26)/b7-3-,20-6+/t14?,17-/m1/s1. The van der Waals surface area contributed by atoms with Gasteiger partial charge in [0, 0.05) is 15.7 Å². The second-order valence-electron chi connectivity index (χ2n) is 6.01. The first-order valence-electron chi connectivity index (χ1n) is 8.37. The van der Waals surface area contributed by atoms with Crippen LogP contribution in [-0.2, 0) is 20.8 Å². The third-order valence-corrected chi connectivity index (χ3v) is 6.95.